The van der Waals surface area contributed by atoms with Gasteiger partial charge in [-0.3, -0.25) is 9.59 Å². The van der Waals surface area contributed by atoms with Crippen LogP contribution in [0.4, 0.5) is 0 Å². The van der Waals surface area contributed by atoms with Crippen LogP contribution < -0.4 is 4.74 Å². The topological polar surface area (TPSA) is 76.1 Å². The van der Waals surface area contributed by atoms with Crippen molar-refractivity contribution in [2.75, 3.05) is 19.8 Å². The molecule has 1 amide bonds. The molecule has 0 bridgehead atoms. The van der Waals surface area contributed by atoms with Crippen LogP contribution in [0.3, 0.4) is 0 Å². The smallest absolute Gasteiger partial charge is 0.295 e. The van der Waals surface area contributed by atoms with Gasteiger partial charge in [0.1, 0.15) is 11.5 Å². The number of rotatable bonds is 8. The second-order valence-corrected chi connectivity index (χ2v) is 8.31. The van der Waals surface area contributed by atoms with E-state index in [1.165, 1.54) is 4.90 Å². The quantitative estimate of drug-likeness (QED) is 0.347. The van der Waals surface area contributed by atoms with Gasteiger partial charge in [0.15, 0.2) is 0 Å². The van der Waals surface area contributed by atoms with Crippen molar-refractivity contribution in [3.63, 3.8) is 0 Å². The van der Waals surface area contributed by atoms with E-state index in [1.807, 2.05) is 27.7 Å². The van der Waals surface area contributed by atoms with Crippen LogP contribution in [0.5, 0.6) is 5.75 Å². The molecule has 0 aromatic heterocycles. The van der Waals surface area contributed by atoms with Crippen LogP contribution in [0.2, 0.25) is 5.02 Å². The second-order valence-electron chi connectivity index (χ2n) is 7.88. The van der Waals surface area contributed by atoms with Gasteiger partial charge in [-0.15, -0.1) is 0 Å². The molecule has 1 aliphatic heterocycles. The Balaban J connectivity index is 2.08. The number of hydrogen-bond acceptors (Lipinski definition) is 5. The van der Waals surface area contributed by atoms with Gasteiger partial charge < -0.3 is 19.5 Å². The molecule has 0 saturated carbocycles. The Morgan fingerprint density at radius 1 is 1.16 bits per heavy atom. The Bertz CT molecular complexity index is 1030. The summed E-state index contributed by atoms with van der Waals surface area (Å²) in [5.41, 5.74) is 1.99. The number of Topliss-reactive ketones (excluding diaryl/α,β-unsaturated/α-hetero) is 1. The molecular weight excluding hydrogens is 430 g/mol. The molecule has 0 radical (unpaired) electrons. The summed E-state index contributed by atoms with van der Waals surface area (Å²) in [4.78, 5) is 27.4. The second kappa shape index (κ2) is 10.2. The predicted molar refractivity (Wildman–Crippen MR) is 124 cm³/mol. The minimum absolute atomic E-state index is 0.00682. The van der Waals surface area contributed by atoms with Crippen LogP contribution in [0.1, 0.15) is 43.5 Å². The number of halogens is 1. The van der Waals surface area contributed by atoms with Crippen molar-refractivity contribution in [3.05, 3.63) is 69.8 Å². The van der Waals surface area contributed by atoms with Gasteiger partial charge in [-0.25, -0.2) is 0 Å². The van der Waals surface area contributed by atoms with Crippen LogP contribution in [0.25, 0.3) is 5.76 Å². The Morgan fingerprint density at radius 2 is 1.84 bits per heavy atom. The summed E-state index contributed by atoms with van der Waals surface area (Å²) in [5, 5.41) is 11.7. The monoisotopic (exact) mass is 457 g/mol. The average Bonchev–Trinajstić information content (AvgIpc) is 3.00. The third-order valence-corrected chi connectivity index (χ3v) is 5.51. The van der Waals surface area contributed by atoms with Gasteiger partial charge in [0.05, 0.1) is 30.9 Å². The Hall–Kier alpha value is -2.83. The lowest BCUT2D eigenvalue weighted by molar-refractivity contribution is -0.140. The van der Waals surface area contributed by atoms with E-state index in [2.05, 4.69) is 0 Å². The first-order valence-corrected chi connectivity index (χ1v) is 11.0. The fraction of sp³-hybridized carbons (Fsp3) is 0.360. The van der Waals surface area contributed by atoms with Crippen LogP contribution in [0.15, 0.2) is 48.0 Å². The van der Waals surface area contributed by atoms with Crippen molar-refractivity contribution in [2.45, 2.75) is 39.8 Å². The third-order valence-electron chi connectivity index (χ3n) is 5.26. The largest absolute Gasteiger partial charge is 0.507 e. The number of benzene rings is 2. The van der Waals surface area contributed by atoms with Gasteiger partial charge in [-0.1, -0.05) is 23.7 Å². The lowest BCUT2D eigenvalue weighted by Crippen LogP contribution is -2.33. The van der Waals surface area contributed by atoms with Crippen LogP contribution >= 0.6 is 11.6 Å². The summed E-state index contributed by atoms with van der Waals surface area (Å²) in [6, 6.07) is 11.3. The number of aliphatic hydroxyl groups is 1. The Morgan fingerprint density at radius 3 is 2.44 bits per heavy atom. The summed E-state index contributed by atoms with van der Waals surface area (Å²) in [7, 11) is 0. The number of aliphatic hydroxyl groups excluding tert-OH is 1. The van der Waals surface area contributed by atoms with E-state index in [1.54, 1.807) is 42.5 Å². The maximum Gasteiger partial charge on any atom is 0.295 e. The molecule has 0 aliphatic carbocycles. The normalized spacial score (nSPS) is 17.9. The van der Waals surface area contributed by atoms with Crippen molar-refractivity contribution >= 4 is 29.1 Å². The zero-order chi connectivity index (χ0) is 23.4. The summed E-state index contributed by atoms with van der Waals surface area (Å²) >= 11 is 6.04. The molecule has 1 heterocycles. The molecule has 1 N–H and O–H groups in total. The van der Waals surface area contributed by atoms with Crippen LogP contribution in [-0.4, -0.2) is 47.6 Å². The molecule has 2 aromatic carbocycles. The van der Waals surface area contributed by atoms with E-state index in [9.17, 15) is 14.7 Å². The number of ether oxygens (including phenoxy) is 2. The van der Waals surface area contributed by atoms with Gasteiger partial charge in [0, 0.05) is 17.1 Å². The SMILES string of the molecule is CCOc1ccc(/C(O)=C2/C(=O)C(=O)N(CCOC(C)C)C2c2ccc(Cl)cc2)cc1C. The molecule has 3 rings (SSSR count). The van der Waals surface area contributed by atoms with Gasteiger partial charge in [-0.05, 0) is 69.2 Å². The maximum absolute atomic E-state index is 13.0. The zero-order valence-corrected chi connectivity index (χ0v) is 19.5. The zero-order valence-electron chi connectivity index (χ0n) is 18.7. The number of likely N-dealkylation sites (tertiary alicyclic amines) is 1. The summed E-state index contributed by atoms with van der Waals surface area (Å²) in [6.45, 7) is 8.57. The molecule has 1 saturated heterocycles. The molecule has 6 nitrogen and oxygen atoms in total. The first kappa shape index (κ1) is 23.8. The predicted octanol–water partition coefficient (Wildman–Crippen LogP) is 4.89. The highest BCUT2D eigenvalue weighted by Crippen LogP contribution is 2.40. The molecule has 1 aliphatic rings. The van der Waals surface area contributed by atoms with Gasteiger partial charge in [-0.2, -0.15) is 0 Å². The van der Waals surface area contributed by atoms with Gasteiger partial charge >= 0.3 is 0 Å². The minimum Gasteiger partial charge on any atom is -0.507 e. The Kier molecular flexibility index (Phi) is 7.59. The molecule has 170 valence electrons. The van der Waals surface area contributed by atoms with Gasteiger partial charge in [0.25, 0.3) is 11.7 Å². The highest BCUT2D eigenvalue weighted by Gasteiger charge is 2.45. The van der Waals surface area contributed by atoms with Crippen molar-refractivity contribution in [3.8, 4) is 5.75 Å². The molecule has 1 unspecified atom stereocenters. The number of amides is 1. The number of hydrogen-bond donors (Lipinski definition) is 1. The number of ketones is 1. The number of carbonyl (C=O) groups excluding carboxylic acids is 2. The lowest BCUT2D eigenvalue weighted by atomic mass is 9.95. The first-order valence-electron chi connectivity index (χ1n) is 10.6. The molecule has 2 aromatic rings. The van der Waals surface area contributed by atoms with E-state index < -0.39 is 17.7 Å². The average molecular weight is 458 g/mol. The summed E-state index contributed by atoms with van der Waals surface area (Å²) in [5.74, 6) is -0.911. The molecule has 7 heteroatoms. The van der Waals surface area contributed by atoms with Gasteiger partial charge in [0.2, 0.25) is 0 Å². The van der Waals surface area contributed by atoms with E-state index >= 15 is 0 Å². The lowest BCUT2D eigenvalue weighted by Gasteiger charge is -2.25. The van der Waals surface area contributed by atoms with Crippen molar-refractivity contribution in [1.82, 2.24) is 4.90 Å². The van der Waals surface area contributed by atoms with Crippen molar-refractivity contribution in [2.24, 2.45) is 0 Å². The summed E-state index contributed by atoms with van der Waals surface area (Å²) < 4.78 is 11.2. The number of aryl methyl sites for hydroxylation is 1. The maximum atomic E-state index is 13.0. The molecule has 1 fully saturated rings. The fourth-order valence-electron chi connectivity index (χ4n) is 3.76. The number of nitrogens with zero attached hydrogens (tertiary/aromatic N) is 1. The minimum atomic E-state index is -0.741. The Labute approximate surface area is 193 Å². The van der Waals surface area contributed by atoms with Crippen molar-refractivity contribution in [1.29, 1.82) is 0 Å². The van der Waals surface area contributed by atoms with E-state index in [0.29, 0.717) is 28.5 Å². The fourth-order valence-corrected chi connectivity index (χ4v) is 3.88. The highest BCUT2D eigenvalue weighted by molar-refractivity contribution is 6.46. The third kappa shape index (κ3) is 4.97. The molecule has 1 atom stereocenters. The molecular formula is C25H28ClNO5. The summed E-state index contributed by atoms with van der Waals surface area (Å²) in [6.07, 6.45) is -0.00682. The van der Waals surface area contributed by atoms with Crippen LogP contribution in [0, 0.1) is 6.92 Å². The highest BCUT2D eigenvalue weighted by atomic mass is 35.5. The first-order chi connectivity index (χ1) is 15.2. The van der Waals surface area contributed by atoms with Crippen LogP contribution in [-0.2, 0) is 14.3 Å². The standard InChI is InChI=1S/C25H28ClNO5/c1-5-31-20-11-8-18(14-16(20)4)23(28)21-22(17-6-9-19(26)10-7-17)27(25(30)24(21)29)12-13-32-15(2)3/h6-11,14-15,22,28H,5,12-13H2,1-4H3/b23-21-. The number of carbonyl (C=O) groups is 2. The van der Waals surface area contributed by atoms with Crippen molar-refractivity contribution < 1.29 is 24.2 Å². The molecule has 32 heavy (non-hydrogen) atoms. The van der Waals surface area contributed by atoms with E-state index in [0.717, 1.165) is 5.56 Å². The van der Waals surface area contributed by atoms with E-state index in [4.69, 9.17) is 21.1 Å². The molecule has 0 spiro atoms. The van der Waals surface area contributed by atoms with E-state index in [-0.39, 0.29) is 30.6 Å².